The van der Waals surface area contributed by atoms with E-state index in [1.165, 1.54) is 19.3 Å². The number of rotatable bonds is 5. The molecule has 3 nitrogen and oxygen atoms in total. The number of carbonyl (C=O) groups excluding carboxylic acids is 1. The molecule has 0 aromatic heterocycles. The van der Waals surface area contributed by atoms with Gasteiger partial charge in [-0.2, -0.15) is 0 Å². The molecule has 2 fully saturated rings. The summed E-state index contributed by atoms with van der Waals surface area (Å²) >= 11 is 0. The van der Waals surface area contributed by atoms with E-state index in [0.717, 1.165) is 51.1 Å². The van der Waals surface area contributed by atoms with Gasteiger partial charge in [0.05, 0.1) is 5.54 Å². The van der Waals surface area contributed by atoms with Crippen LogP contribution in [0.25, 0.3) is 0 Å². The van der Waals surface area contributed by atoms with Crippen LogP contribution in [0.5, 0.6) is 0 Å². The third-order valence-electron chi connectivity index (χ3n) is 4.13. The van der Waals surface area contributed by atoms with Gasteiger partial charge in [-0.3, -0.25) is 4.79 Å². The minimum atomic E-state index is -0.539. The second kappa shape index (κ2) is 6.76. The van der Waals surface area contributed by atoms with Crippen LogP contribution in [0.15, 0.2) is 0 Å². The molecule has 2 aliphatic rings. The molecular formula is C14H27ClN2O. The van der Waals surface area contributed by atoms with Gasteiger partial charge in [0.1, 0.15) is 0 Å². The van der Waals surface area contributed by atoms with Gasteiger partial charge in [0.2, 0.25) is 5.91 Å². The average Bonchev–Trinajstić information content (AvgIpc) is 3.12. The van der Waals surface area contributed by atoms with Crippen molar-refractivity contribution in [3.63, 3.8) is 0 Å². The SMILES string of the molecule is CCCN(CC1CC1)C(=O)C1(N)CCCCC1.Cl. The largest absolute Gasteiger partial charge is 0.341 e. The molecule has 0 aromatic rings. The van der Waals surface area contributed by atoms with E-state index >= 15 is 0 Å². The van der Waals surface area contributed by atoms with Crippen molar-refractivity contribution in [1.82, 2.24) is 4.90 Å². The summed E-state index contributed by atoms with van der Waals surface area (Å²) in [6, 6.07) is 0. The highest BCUT2D eigenvalue weighted by Gasteiger charge is 2.39. The fraction of sp³-hybridized carbons (Fsp3) is 0.929. The Bertz CT molecular complexity index is 273. The maximum absolute atomic E-state index is 12.6. The molecule has 2 N–H and O–H groups in total. The summed E-state index contributed by atoms with van der Waals surface area (Å²) in [5.41, 5.74) is 5.80. The highest BCUT2D eigenvalue weighted by atomic mass is 35.5. The topological polar surface area (TPSA) is 46.3 Å². The van der Waals surface area contributed by atoms with Crippen LogP contribution in [0, 0.1) is 5.92 Å². The molecule has 0 spiro atoms. The van der Waals surface area contributed by atoms with Crippen LogP contribution in [0.1, 0.15) is 58.3 Å². The molecule has 18 heavy (non-hydrogen) atoms. The van der Waals surface area contributed by atoms with Crippen molar-refractivity contribution in [3.8, 4) is 0 Å². The molecule has 0 aromatic carbocycles. The first-order valence-corrected chi connectivity index (χ1v) is 7.24. The third-order valence-corrected chi connectivity index (χ3v) is 4.13. The van der Waals surface area contributed by atoms with Gasteiger partial charge >= 0.3 is 0 Å². The van der Waals surface area contributed by atoms with E-state index in [1.54, 1.807) is 0 Å². The Morgan fingerprint density at radius 1 is 1.28 bits per heavy atom. The Balaban J connectivity index is 0.00000162. The van der Waals surface area contributed by atoms with E-state index in [1.807, 2.05) is 4.90 Å². The van der Waals surface area contributed by atoms with Crippen LogP contribution in [-0.4, -0.2) is 29.4 Å². The smallest absolute Gasteiger partial charge is 0.242 e. The second-order valence-electron chi connectivity index (χ2n) is 5.91. The Kier molecular flexibility index (Phi) is 5.93. The zero-order chi connectivity index (χ0) is 12.3. The minimum Gasteiger partial charge on any atom is -0.341 e. The molecule has 106 valence electrons. The van der Waals surface area contributed by atoms with Crippen molar-refractivity contribution in [2.75, 3.05) is 13.1 Å². The lowest BCUT2D eigenvalue weighted by Crippen LogP contribution is -2.56. The van der Waals surface area contributed by atoms with Crippen LogP contribution in [-0.2, 0) is 4.79 Å². The zero-order valence-electron chi connectivity index (χ0n) is 11.5. The van der Waals surface area contributed by atoms with Gasteiger partial charge in [-0.15, -0.1) is 12.4 Å². The number of hydrogen-bond donors (Lipinski definition) is 1. The van der Waals surface area contributed by atoms with E-state index < -0.39 is 5.54 Å². The summed E-state index contributed by atoms with van der Waals surface area (Å²) in [7, 11) is 0. The molecule has 1 amide bonds. The van der Waals surface area contributed by atoms with E-state index in [0.29, 0.717) is 0 Å². The first kappa shape index (κ1) is 15.8. The Hall–Kier alpha value is -0.280. The maximum atomic E-state index is 12.6. The highest BCUT2D eigenvalue weighted by molar-refractivity contribution is 5.86. The molecule has 2 rings (SSSR count). The molecule has 0 atom stereocenters. The predicted molar refractivity (Wildman–Crippen MR) is 76.8 cm³/mol. The monoisotopic (exact) mass is 274 g/mol. The number of hydrogen-bond acceptors (Lipinski definition) is 2. The maximum Gasteiger partial charge on any atom is 0.242 e. The van der Waals surface area contributed by atoms with Crippen molar-refractivity contribution >= 4 is 18.3 Å². The van der Waals surface area contributed by atoms with Crippen molar-refractivity contribution in [2.24, 2.45) is 11.7 Å². The van der Waals surface area contributed by atoms with Gasteiger partial charge in [-0.1, -0.05) is 26.2 Å². The normalized spacial score (nSPS) is 22.1. The molecule has 0 radical (unpaired) electrons. The molecule has 2 saturated carbocycles. The van der Waals surface area contributed by atoms with E-state index in [9.17, 15) is 4.79 Å². The number of nitrogens with two attached hydrogens (primary N) is 1. The molecule has 4 heteroatoms. The van der Waals surface area contributed by atoms with Crippen LogP contribution in [0.2, 0.25) is 0 Å². The average molecular weight is 275 g/mol. The zero-order valence-corrected chi connectivity index (χ0v) is 12.3. The molecule has 0 bridgehead atoms. The Morgan fingerprint density at radius 3 is 2.39 bits per heavy atom. The van der Waals surface area contributed by atoms with Crippen LogP contribution >= 0.6 is 12.4 Å². The van der Waals surface area contributed by atoms with Gasteiger partial charge < -0.3 is 10.6 Å². The predicted octanol–water partition coefficient (Wildman–Crippen LogP) is 2.72. The lowest BCUT2D eigenvalue weighted by atomic mass is 9.81. The molecule has 2 aliphatic carbocycles. The molecule has 0 saturated heterocycles. The summed E-state index contributed by atoms with van der Waals surface area (Å²) in [6.45, 7) is 3.97. The molecule has 0 unspecified atom stereocenters. The molecule has 0 aliphatic heterocycles. The third kappa shape index (κ3) is 3.86. The molecular weight excluding hydrogens is 248 g/mol. The number of carbonyl (C=O) groups is 1. The summed E-state index contributed by atoms with van der Waals surface area (Å²) in [6.07, 6.45) is 8.87. The van der Waals surface area contributed by atoms with Crippen LogP contribution in [0.4, 0.5) is 0 Å². The standard InChI is InChI=1S/C14H26N2O.ClH/c1-2-10-16(11-12-6-7-12)13(17)14(15)8-4-3-5-9-14;/h12H,2-11,15H2,1H3;1H. The number of nitrogens with zero attached hydrogens (tertiary/aromatic N) is 1. The van der Waals surface area contributed by atoms with Gasteiger partial charge in [0, 0.05) is 13.1 Å². The lowest BCUT2D eigenvalue weighted by Gasteiger charge is -2.37. The Morgan fingerprint density at radius 2 is 1.89 bits per heavy atom. The van der Waals surface area contributed by atoms with Crippen LogP contribution in [0.3, 0.4) is 0 Å². The summed E-state index contributed by atoms with van der Waals surface area (Å²) in [4.78, 5) is 14.6. The summed E-state index contributed by atoms with van der Waals surface area (Å²) in [5, 5.41) is 0. The quantitative estimate of drug-likeness (QED) is 0.838. The van der Waals surface area contributed by atoms with Crippen LogP contribution < -0.4 is 5.73 Å². The Labute approximate surface area is 117 Å². The van der Waals surface area contributed by atoms with Crippen molar-refractivity contribution in [1.29, 1.82) is 0 Å². The summed E-state index contributed by atoms with van der Waals surface area (Å²) in [5.74, 6) is 0.989. The van der Waals surface area contributed by atoms with Gasteiger partial charge in [-0.25, -0.2) is 0 Å². The fourth-order valence-electron chi connectivity index (χ4n) is 2.87. The van der Waals surface area contributed by atoms with Gasteiger partial charge in [-0.05, 0) is 38.0 Å². The van der Waals surface area contributed by atoms with E-state index in [4.69, 9.17) is 5.73 Å². The van der Waals surface area contributed by atoms with Crippen molar-refractivity contribution in [3.05, 3.63) is 0 Å². The van der Waals surface area contributed by atoms with E-state index in [2.05, 4.69) is 6.92 Å². The fourth-order valence-corrected chi connectivity index (χ4v) is 2.87. The summed E-state index contributed by atoms with van der Waals surface area (Å²) < 4.78 is 0. The first-order valence-electron chi connectivity index (χ1n) is 7.24. The van der Waals surface area contributed by atoms with E-state index in [-0.39, 0.29) is 18.3 Å². The first-order chi connectivity index (χ1) is 8.15. The minimum absolute atomic E-state index is 0. The second-order valence-corrected chi connectivity index (χ2v) is 5.91. The highest BCUT2D eigenvalue weighted by Crippen LogP contribution is 2.32. The van der Waals surface area contributed by atoms with Gasteiger partial charge in [0.15, 0.2) is 0 Å². The van der Waals surface area contributed by atoms with Crippen molar-refractivity contribution in [2.45, 2.75) is 63.8 Å². The molecule has 0 heterocycles. The lowest BCUT2D eigenvalue weighted by molar-refractivity contribution is -0.138. The number of halogens is 1. The van der Waals surface area contributed by atoms with Gasteiger partial charge in [0.25, 0.3) is 0 Å². The van der Waals surface area contributed by atoms with Crippen molar-refractivity contribution < 1.29 is 4.79 Å². The number of amides is 1.